The fourth-order valence-electron chi connectivity index (χ4n) is 4.73. The van der Waals surface area contributed by atoms with Crippen molar-refractivity contribution in [2.24, 2.45) is 0 Å². The zero-order chi connectivity index (χ0) is 25.3. The maximum Gasteiger partial charge on any atom is 0.251 e. The van der Waals surface area contributed by atoms with E-state index in [1.54, 1.807) is 14.2 Å². The maximum atomic E-state index is 12.7. The number of amides is 1. The normalized spacial score (nSPS) is 14.8. The third-order valence-electron chi connectivity index (χ3n) is 6.93. The molecule has 0 spiro atoms. The van der Waals surface area contributed by atoms with Crippen molar-refractivity contribution in [1.82, 2.24) is 10.6 Å². The molecule has 6 heteroatoms. The number of carbonyl (C=O) groups is 1. The highest BCUT2D eigenvalue weighted by atomic mass is 16.5. The van der Waals surface area contributed by atoms with Crippen LogP contribution in [0.25, 0.3) is 0 Å². The van der Waals surface area contributed by atoms with Crippen molar-refractivity contribution in [1.29, 1.82) is 0 Å². The van der Waals surface area contributed by atoms with Crippen molar-refractivity contribution in [2.45, 2.75) is 38.3 Å². The largest absolute Gasteiger partial charge is 0.493 e. The first-order valence-corrected chi connectivity index (χ1v) is 12.7. The van der Waals surface area contributed by atoms with Crippen LogP contribution in [0.4, 0.5) is 5.69 Å². The predicted molar refractivity (Wildman–Crippen MR) is 145 cm³/mol. The van der Waals surface area contributed by atoms with E-state index in [0.717, 1.165) is 56.0 Å². The zero-order valence-corrected chi connectivity index (χ0v) is 21.5. The van der Waals surface area contributed by atoms with Gasteiger partial charge in [-0.1, -0.05) is 36.4 Å². The van der Waals surface area contributed by atoms with E-state index in [1.807, 2.05) is 55.5 Å². The summed E-state index contributed by atoms with van der Waals surface area (Å²) >= 11 is 0. The molecule has 1 unspecified atom stereocenters. The Labute approximate surface area is 214 Å². The fourth-order valence-corrected chi connectivity index (χ4v) is 4.73. The van der Waals surface area contributed by atoms with E-state index >= 15 is 0 Å². The van der Waals surface area contributed by atoms with Crippen molar-refractivity contribution in [3.63, 3.8) is 0 Å². The van der Waals surface area contributed by atoms with Crippen molar-refractivity contribution in [3.8, 4) is 11.5 Å². The third-order valence-corrected chi connectivity index (χ3v) is 6.93. The summed E-state index contributed by atoms with van der Waals surface area (Å²) in [6, 6.07) is 24.6. The molecular formula is C30H37N3O3. The lowest BCUT2D eigenvalue weighted by Crippen LogP contribution is -2.43. The third kappa shape index (κ3) is 6.58. The highest BCUT2D eigenvalue weighted by molar-refractivity contribution is 5.94. The number of carbonyl (C=O) groups excluding carboxylic acids is 1. The van der Waals surface area contributed by atoms with Crippen LogP contribution >= 0.6 is 0 Å². The van der Waals surface area contributed by atoms with Gasteiger partial charge in [0, 0.05) is 30.4 Å². The summed E-state index contributed by atoms with van der Waals surface area (Å²) in [4.78, 5) is 15.1. The van der Waals surface area contributed by atoms with Gasteiger partial charge in [0.2, 0.25) is 0 Å². The Balaban J connectivity index is 1.21. The molecule has 1 aliphatic heterocycles. The molecule has 0 bridgehead atoms. The van der Waals surface area contributed by atoms with E-state index in [2.05, 4.69) is 39.8 Å². The average Bonchev–Trinajstić information content (AvgIpc) is 2.94. The van der Waals surface area contributed by atoms with E-state index < -0.39 is 0 Å². The van der Waals surface area contributed by atoms with Crippen LogP contribution in [0, 0.1) is 0 Å². The predicted octanol–water partition coefficient (Wildman–Crippen LogP) is 5.00. The van der Waals surface area contributed by atoms with Gasteiger partial charge in [-0.3, -0.25) is 4.79 Å². The molecule has 1 amide bonds. The number of anilines is 1. The molecule has 1 aliphatic rings. The lowest BCUT2D eigenvalue weighted by Gasteiger charge is -2.34. The number of ether oxygens (including phenoxy) is 2. The molecule has 0 radical (unpaired) electrons. The van der Waals surface area contributed by atoms with Gasteiger partial charge in [0.05, 0.1) is 20.3 Å². The first-order chi connectivity index (χ1) is 17.6. The molecule has 1 fully saturated rings. The molecule has 6 nitrogen and oxygen atoms in total. The van der Waals surface area contributed by atoms with Crippen LogP contribution in [-0.2, 0) is 6.42 Å². The summed E-state index contributed by atoms with van der Waals surface area (Å²) in [6.07, 6.45) is 3.15. The molecule has 3 aromatic rings. The number of nitrogens with one attached hydrogen (secondary N) is 2. The van der Waals surface area contributed by atoms with E-state index in [0.29, 0.717) is 11.6 Å². The Morgan fingerprint density at radius 1 is 0.944 bits per heavy atom. The maximum absolute atomic E-state index is 12.7. The molecule has 1 atom stereocenters. The lowest BCUT2D eigenvalue weighted by atomic mass is 10.0. The minimum absolute atomic E-state index is 0.0309. The molecule has 0 aromatic heterocycles. The number of rotatable bonds is 10. The molecule has 3 aromatic carbocycles. The standard InChI is InChI=1S/C30H37N3O3/c1-22(24-7-5-4-6-8-24)32-30(34)25-10-12-27(13-11-25)33-19-16-26(17-20-33)31-18-15-23-9-14-28(35-2)29(21-23)36-3/h4-14,21-22,26,31H,15-20H2,1-3H3,(H,32,34). The second kappa shape index (κ2) is 12.5. The second-order valence-corrected chi connectivity index (χ2v) is 9.31. The van der Waals surface area contributed by atoms with E-state index in [9.17, 15) is 4.79 Å². The molecule has 190 valence electrons. The van der Waals surface area contributed by atoms with Gasteiger partial charge in [0.1, 0.15) is 0 Å². The Kier molecular flexibility index (Phi) is 8.85. The van der Waals surface area contributed by atoms with Crippen molar-refractivity contribution in [2.75, 3.05) is 38.8 Å². The van der Waals surface area contributed by atoms with Crippen molar-refractivity contribution in [3.05, 3.63) is 89.5 Å². The van der Waals surface area contributed by atoms with Gasteiger partial charge in [0.25, 0.3) is 5.91 Å². The minimum atomic E-state index is -0.0460. The Morgan fingerprint density at radius 3 is 2.31 bits per heavy atom. The van der Waals surface area contributed by atoms with Crippen LogP contribution in [0.5, 0.6) is 11.5 Å². The van der Waals surface area contributed by atoms with Crippen molar-refractivity contribution < 1.29 is 14.3 Å². The van der Waals surface area contributed by atoms with E-state index in [1.165, 1.54) is 11.3 Å². The van der Waals surface area contributed by atoms with Gasteiger partial charge in [-0.15, -0.1) is 0 Å². The van der Waals surface area contributed by atoms with E-state index in [4.69, 9.17) is 9.47 Å². The summed E-state index contributed by atoms with van der Waals surface area (Å²) in [5.41, 5.74) is 4.20. The molecular weight excluding hydrogens is 450 g/mol. The van der Waals surface area contributed by atoms with Crippen LogP contribution in [0.1, 0.15) is 47.3 Å². The molecule has 1 saturated heterocycles. The van der Waals surface area contributed by atoms with Crippen molar-refractivity contribution >= 4 is 11.6 Å². The van der Waals surface area contributed by atoms with Gasteiger partial charge in [0.15, 0.2) is 11.5 Å². The SMILES string of the molecule is COc1ccc(CCNC2CCN(c3ccc(C(=O)NC(C)c4ccccc4)cc3)CC2)cc1OC. The minimum Gasteiger partial charge on any atom is -0.493 e. The summed E-state index contributed by atoms with van der Waals surface area (Å²) in [7, 11) is 3.33. The number of nitrogens with zero attached hydrogens (tertiary/aromatic N) is 1. The molecule has 0 aliphatic carbocycles. The number of benzene rings is 3. The monoisotopic (exact) mass is 487 g/mol. The first-order valence-electron chi connectivity index (χ1n) is 12.7. The molecule has 36 heavy (non-hydrogen) atoms. The van der Waals surface area contributed by atoms with Crippen LogP contribution in [0.15, 0.2) is 72.8 Å². The fraction of sp³-hybridized carbons (Fsp3) is 0.367. The molecule has 0 saturated carbocycles. The van der Waals surface area contributed by atoms with Gasteiger partial charge in [-0.05, 0) is 80.3 Å². The first kappa shape index (κ1) is 25.6. The van der Waals surface area contributed by atoms with Crippen LogP contribution < -0.4 is 25.0 Å². The summed E-state index contributed by atoms with van der Waals surface area (Å²) in [6.45, 7) is 4.95. The Morgan fingerprint density at radius 2 is 1.64 bits per heavy atom. The highest BCUT2D eigenvalue weighted by Crippen LogP contribution is 2.27. The molecule has 1 heterocycles. The topological polar surface area (TPSA) is 62.8 Å². The van der Waals surface area contributed by atoms with Gasteiger partial charge in [-0.25, -0.2) is 0 Å². The van der Waals surface area contributed by atoms with E-state index in [-0.39, 0.29) is 11.9 Å². The zero-order valence-electron chi connectivity index (χ0n) is 21.5. The Hall–Kier alpha value is -3.51. The van der Waals surface area contributed by atoms with Gasteiger partial charge >= 0.3 is 0 Å². The smallest absolute Gasteiger partial charge is 0.251 e. The quantitative estimate of drug-likeness (QED) is 0.422. The molecule has 2 N–H and O–H groups in total. The van der Waals surface area contributed by atoms with Crippen LogP contribution in [0.2, 0.25) is 0 Å². The Bertz CT molecular complexity index is 1110. The molecule has 4 rings (SSSR count). The number of hydrogen-bond acceptors (Lipinski definition) is 5. The van der Waals surface area contributed by atoms with Crippen LogP contribution in [-0.4, -0.2) is 45.8 Å². The summed E-state index contributed by atoms with van der Waals surface area (Å²) in [5.74, 6) is 1.49. The number of piperidine rings is 1. The number of methoxy groups -OCH3 is 2. The average molecular weight is 488 g/mol. The number of hydrogen-bond donors (Lipinski definition) is 2. The summed E-state index contributed by atoms with van der Waals surface area (Å²) < 4.78 is 10.7. The summed E-state index contributed by atoms with van der Waals surface area (Å²) in [5, 5.41) is 6.80. The van der Waals surface area contributed by atoms with Gasteiger partial charge < -0.3 is 25.0 Å². The van der Waals surface area contributed by atoms with Gasteiger partial charge in [-0.2, -0.15) is 0 Å². The van der Waals surface area contributed by atoms with Crippen LogP contribution in [0.3, 0.4) is 0 Å². The lowest BCUT2D eigenvalue weighted by molar-refractivity contribution is 0.0940. The highest BCUT2D eigenvalue weighted by Gasteiger charge is 2.19. The second-order valence-electron chi connectivity index (χ2n) is 9.31.